The zero-order valence-electron chi connectivity index (χ0n) is 9.92. The first-order valence-electron chi connectivity index (χ1n) is 5.38. The van der Waals surface area contributed by atoms with Gasteiger partial charge in [-0.2, -0.15) is 0 Å². The molecule has 3 nitrogen and oxygen atoms in total. The summed E-state index contributed by atoms with van der Waals surface area (Å²) in [5, 5.41) is 7.59. The van der Waals surface area contributed by atoms with Gasteiger partial charge in [0.05, 0.1) is 0 Å². The summed E-state index contributed by atoms with van der Waals surface area (Å²) in [4.78, 5) is 2.22. The maximum Gasteiger partial charge on any atom is 0.124 e. The van der Waals surface area contributed by atoms with E-state index in [0.717, 1.165) is 22.3 Å². The Balaban J connectivity index is 3.27. The zero-order valence-corrected chi connectivity index (χ0v) is 11.5. The number of nitrogens with two attached hydrogens (primary N) is 1. The van der Waals surface area contributed by atoms with Gasteiger partial charge in [-0.1, -0.05) is 15.9 Å². The Labute approximate surface area is 105 Å². The van der Waals surface area contributed by atoms with Gasteiger partial charge in [0.1, 0.15) is 5.84 Å². The lowest BCUT2D eigenvalue weighted by atomic mass is 10.1. The third-order valence-electron chi connectivity index (χ3n) is 2.52. The zero-order chi connectivity index (χ0) is 12.3. The van der Waals surface area contributed by atoms with Crippen LogP contribution < -0.4 is 10.6 Å². The molecule has 3 N–H and O–H groups in total. The number of benzene rings is 1. The van der Waals surface area contributed by atoms with Crippen LogP contribution in [0.1, 0.15) is 26.3 Å². The average Bonchev–Trinajstić information content (AvgIpc) is 2.17. The highest BCUT2D eigenvalue weighted by atomic mass is 79.9. The maximum absolute atomic E-state index is 7.59. The lowest BCUT2D eigenvalue weighted by Crippen LogP contribution is -2.32. The van der Waals surface area contributed by atoms with Crippen LogP contribution in [0, 0.1) is 5.41 Å². The molecule has 16 heavy (non-hydrogen) atoms. The second-order valence-corrected chi connectivity index (χ2v) is 4.87. The SMILES string of the molecule is CCN(c1cc(Br)ccc1C(=N)N)C(C)C. The van der Waals surface area contributed by atoms with Gasteiger partial charge in [0.15, 0.2) is 0 Å². The number of halogens is 1. The van der Waals surface area contributed by atoms with E-state index < -0.39 is 0 Å². The molecule has 0 aromatic heterocycles. The van der Waals surface area contributed by atoms with E-state index in [1.807, 2.05) is 18.2 Å². The summed E-state index contributed by atoms with van der Waals surface area (Å²) >= 11 is 3.45. The Hall–Kier alpha value is -1.03. The first-order chi connectivity index (χ1) is 7.47. The minimum Gasteiger partial charge on any atom is -0.384 e. The molecule has 0 saturated heterocycles. The average molecular weight is 284 g/mol. The van der Waals surface area contributed by atoms with Crippen LogP contribution in [0.2, 0.25) is 0 Å². The molecule has 0 amide bonds. The Morgan fingerprint density at radius 2 is 2.12 bits per heavy atom. The third kappa shape index (κ3) is 2.76. The Bertz CT molecular complexity index is 388. The lowest BCUT2D eigenvalue weighted by molar-refractivity contribution is 0.703. The van der Waals surface area contributed by atoms with Crippen molar-refractivity contribution in [2.24, 2.45) is 5.73 Å². The maximum atomic E-state index is 7.59. The molecule has 0 saturated carbocycles. The van der Waals surface area contributed by atoms with Gasteiger partial charge in [-0.3, -0.25) is 5.41 Å². The molecule has 1 aromatic rings. The molecule has 0 fully saturated rings. The number of nitrogens with zero attached hydrogens (tertiary/aromatic N) is 1. The summed E-state index contributed by atoms with van der Waals surface area (Å²) < 4.78 is 1.01. The molecular weight excluding hydrogens is 266 g/mol. The van der Waals surface area contributed by atoms with Gasteiger partial charge in [-0.25, -0.2) is 0 Å². The minimum atomic E-state index is 0.113. The summed E-state index contributed by atoms with van der Waals surface area (Å²) in [6.45, 7) is 7.27. The molecule has 0 aliphatic carbocycles. The summed E-state index contributed by atoms with van der Waals surface area (Å²) in [7, 11) is 0. The minimum absolute atomic E-state index is 0.113. The van der Waals surface area contributed by atoms with Crippen molar-refractivity contribution in [1.82, 2.24) is 0 Å². The molecule has 0 spiro atoms. The van der Waals surface area contributed by atoms with Crippen molar-refractivity contribution in [2.75, 3.05) is 11.4 Å². The quantitative estimate of drug-likeness (QED) is 0.659. The fourth-order valence-corrected chi connectivity index (χ4v) is 2.13. The van der Waals surface area contributed by atoms with Gasteiger partial charge >= 0.3 is 0 Å². The largest absolute Gasteiger partial charge is 0.384 e. The van der Waals surface area contributed by atoms with Crippen molar-refractivity contribution >= 4 is 27.5 Å². The van der Waals surface area contributed by atoms with Crippen LogP contribution in [-0.4, -0.2) is 18.4 Å². The standard InChI is InChI=1S/C12H18BrN3/c1-4-16(8(2)3)11-7-9(13)5-6-10(11)12(14)15/h5-8H,4H2,1-3H3,(H3,14,15). The fraction of sp³-hybridized carbons (Fsp3) is 0.417. The summed E-state index contributed by atoms with van der Waals surface area (Å²) in [5.41, 5.74) is 7.40. The number of amidine groups is 1. The molecule has 0 bridgehead atoms. The van der Waals surface area contributed by atoms with Gasteiger partial charge in [-0.15, -0.1) is 0 Å². The number of hydrogen-bond acceptors (Lipinski definition) is 2. The number of rotatable bonds is 4. The van der Waals surface area contributed by atoms with E-state index in [1.54, 1.807) is 0 Å². The molecule has 4 heteroatoms. The Kier molecular flexibility index (Phi) is 4.35. The van der Waals surface area contributed by atoms with Gasteiger partial charge in [-0.05, 0) is 39.0 Å². The fourth-order valence-electron chi connectivity index (χ4n) is 1.78. The number of nitrogens with one attached hydrogen (secondary N) is 1. The topological polar surface area (TPSA) is 53.1 Å². The van der Waals surface area contributed by atoms with E-state index in [1.165, 1.54) is 0 Å². The summed E-state index contributed by atoms with van der Waals surface area (Å²) in [6, 6.07) is 6.19. The van der Waals surface area contributed by atoms with Gasteiger partial charge in [0, 0.05) is 28.3 Å². The van der Waals surface area contributed by atoms with Crippen molar-refractivity contribution < 1.29 is 0 Å². The lowest BCUT2D eigenvalue weighted by Gasteiger charge is -2.29. The molecule has 0 heterocycles. The van der Waals surface area contributed by atoms with E-state index in [0.29, 0.717) is 6.04 Å². The molecule has 0 aliphatic rings. The first-order valence-corrected chi connectivity index (χ1v) is 6.17. The second kappa shape index (κ2) is 5.34. The number of nitrogen functional groups attached to an aromatic ring is 1. The van der Waals surface area contributed by atoms with Crippen molar-refractivity contribution in [3.05, 3.63) is 28.2 Å². The van der Waals surface area contributed by atoms with Crippen molar-refractivity contribution in [3.8, 4) is 0 Å². The smallest absolute Gasteiger partial charge is 0.124 e. The van der Waals surface area contributed by atoms with Gasteiger partial charge < -0.3 is 10.6 Å². The van der Waals surface area contributed by atoms with Crippen molar-refractivity contribution in [2.45, 2.75) is 26.8 Å². The van der Waals surface area contributed by atoms with Crippen LogP contribution >= 0.6 is 15.9 Å². The van der Waals surface area contributed by atoms with E-state index in [4.69, 9.17) is 11.1 Å². The molecule has 1 aromatic carbocycles. The van der Waals surface area contributed by atoms with Crippen LogP contribution in [0.3, 0.4) is 0 Å². The third-order valence-corrected chi connectivity index (χ3v) is 3.02. The number of anilines is 1. The van der Waals surface area contributed by atoms with Crippen LogP contribution in [-0.2, 0) is 0 Å². The predicted octanol–water partition coefficient (Wildman–Crippen LogP) is 2.97. The van der Waals surface area contributed by atoms with Crippen LogP contribution in [0.15, 0.2) is 22.7 Å². The molecular formula is C12H18BrN3. The summed E-state index contributed by atoms with van der Waals surface area (Å²) in [5.74, 6) is 0.113. The number of hydrogen-bond donors (Lipinski definition) is 2. The van der Waals surface area contributed by atoms with Crippen LogP contribution in [0.4, 0.5) is 5.69 Å². The predicted molar refractivity (Wildman–Crippen MR) is 73.3 cm³/mol. The van der Waals surface area contributed by atoms with Crippen molar-refractivity contribution in [3.63, 3.8) is 0 Å². The van der Waals surface area contributed by atoms with Crippen LogP contribution in [0.5, 0.6) is 0 Å². The molecule has 0 radical (unpaired) electrons. The Morgan fingerprint density at radius 3 is 2.56 bits per heavy atom. The van der Waals surface area contributed by atoms with E-state index in [9.17, 15) is 0 Å². The molecule has 1 rings (SSSR count). The monoisotopic (exact) mass is 283 g/mol. The Morgan fingerprint density at radius 1 is 1.50 bits per heavy atom. The van der Waals surface area contributed by atoms with E-state index in [2.05, 4.69) is 41.6 Å². The van der Waals surface area contributed by atoms with Gasteiger partial charge in [0.2, 0.25) is 0 Å². The molecule has 0 unspecified atom stereocenters. The highest BCUT2D eigenvalue weighted by Gasteiger charge is 2.14. The second-order valence-electron chi connectivity index (χ2n) is 3.95. The van der Waals surface area contributed by atoms with E-state index >= 15 is 0 Å². The van der Waals surface area contributed by atoms with Crippen LogP contribution in [0.25, 0.3) is 0 Å². The summed E-state index contributed by atoms with van der Waals surface area (Å²) in [6.07, 6.45) is 0. The first kappa shape index (κ1) is 13.0. The normalized spacial score (nSPS) is 10.6. The molecule has 0 aliphatic heterocycles. The van der Waals surface area contributed by atoms with E-state index in [-0.39, 0.29) is 5.84 Å². The highest BCUT2D eigenvalue weighted by molar-refractivity contribution is 9.10. The highest BCUT2D eigenvalue weighted by Crippen LogP contribution is 2.26. The van der Waals surface area contributed by atoms with Crippen molar-refractivity contribution in [1.29, 1.82) is 5.41 Å². The molecule has 0 atom stereocenters. The molecule has 88 valence electrons. The van der Waals surface area contributed by atoms with Gasteiger partial charge in [0.25, 0.3) is 0 Å².